The highest BCUT2D eigenvalue weighted by molar-refractivity contribution is 7.89. The van der Waals surface area contributed by atoms with Crippen LogP contribution in [0.2, 0.25) is 5.02 Å². The van der Waals surface area contributed by atoms with Crippen LogP contribution in [-0.2, 0) is 14.8 Å². The molecule has 0 unspecified atom stereocenters. The molecule has 0 spiro atoms. The first-order valence-corrected chi connectivity index (χ1v) is 8.16. The number of sulfonamides is 1. The van der Waals surface area contributed by atoms with E-state index in [1.165, 1.54) is 20.3 Å². The van der Waals surface area contributed by atoms with Crippen LogP contribution in [0.5, 0.6) is 11.5 Å². The summed E-state index contributed by atoms with van der Waals surface area (Å²) in [5.41, 5.74) is 0. The van der Waals surface area contributed by atoms with Gasteiger partial charge in [-0.05, 0) is 12.0 Å². The second-order valence-corrected chi connectivity index (χ2v) is 6.91. The highest BCUT2D eigenvalue weighted by Gasteiger charge is 2.30. The first kappa shape index (κ1) is 18.5. The lowest BCUT2D eigenvalue weighted by molar-refractivity contribution is -0.140. The maximum absolute atomic E-state index is 12.4. The van der Waals surface area contributed by atoms with E-state index in [0.29, 0.717) is 0 Å². The molecule has 7 nitrogen and oxygen atoms in total. The molecule has 22 heavy (non-hydrogen) atoms. The molecular formula is C13H18ClNO6S. The second-order valence-electron chi connectivity index (χ2n) is 4.82. The Bertz CT molecular complexity index is 659. The SMILES string of the molecule is COc1cc(OC)c(S(=O)(=O)N[C@H](C(=O)O)C(C)C)cc1Cl. The lowest BCUT2D eigenvalue weighted by atomic mass is 10.1. The number of nitrogens with one attached hydrogen (secondary N) is 1. The van der Waals surface area contributed by atoms with Crippen molar-refractivity contribution < 1.29 is 27.8 Å². The van der Waals surface area contributed by atoms with Crippen LogP contribution in [0.15, 0.2) is 17.0 Å². The molecule has 0 fully saturated rings. The van der Waals surface area contributed by atoms with Crippen molar-refractivity contribution in [1.29, 1.82) is 0 Å². The van der Waals surface area contributed by atoms with E-state index in [9.17, 15) is 13.2 Å². The minimum absolute atomic E-state index is 0.00152. The van der Waals surface area contributed by atoms with Gasteiger partial charge < -0.3 is 14.6 Å². The zero-order valence-corrected chi connectivity index (χ0v) is 14.2. The fourth-order valence-corrected chi connectivity index (χ4v) is 3.56. The number of carbonyl (C=O) groups is 1. The smallest absolute Gasteiger partial charge is 0.322 e. The molecule has 0 heterocycles. The minimum Gasteiger partial charge on any atom is -0.495 e. The Morgan fingerprint density at radius 2 is 1.77 bits per heavy atom. The summed E-state index contributed by atoms with van der Waals surface area (Å²) in [5, 5.41) is 9.18. The summed E-state index contributed by atoms with van der Waals surface area (Å²) in [6.45, 7) is 3.19. The molecule has 1 aromatic rings. The molecule has 2 N–H and O–H groups in total. The Morgan fingerprint density at radius 1 is 1.23 bits per heavy atom. The number of carboxylic acid groups (broad SMARTS) is 1. The number of aliphatic carboxylic acids is 1. The van der Waals surface area contributed by atoms with E-state index < -0.39 is 28.0 Å². The number of carboxylic acids is 1. The molecule has 0 saturated carbocycles. The van der Waals surface area contributed by atoms with E-state index >= 15 is 0 Å². The first-order valence-electron chi connectivity index (χ1n) is 6.30. The minimum atomic E-state index is -4.14. The van der Waals surface area contributed by atoms with Crippen LogP contribution >= 0.6 is 11.6 Å². The largest absolute Gasteiger partial charge is 0.495 e. The normalized spacial score (nSPS) is 13.0. The predicted octanol–water partition coefficient (Wildman–Crippen LogP) is 1.74. The maximum Gasteiger partial charge on any atom is 0.322 e. The Labute approximate surface area is 134 Å². The average molecular weight is 352 g/mol. The quantitative estimate of drug-likeness (QED) is 0.775. The summed E-state index contributed by atoms with van der Waals surface area (Å²) in [7, 11) is -1.46. The maximum atomic E-state index is 12.4. The standard InChI is InChI=1S/C13H18ClNO6S/c1-7(2)12(13(16)17)15-22(18,19)11-5-8(14)9(20-3)6-10(11)21-4/h5-7,12,15H,1-4H3,(H,16,17)/t12-/m0/s1. The van der Waals surface area contributed by atoms with Crippen molar-refractivity contribution in [3.63, 3.8) is 0 Å². The van der Waals surface area contributed by atoms with E-state index in [-0.39, 0.29) is 21.4 Å². The molecule has 0 bridgehead atoms. The van der Waals surface area contributed by atoms with Crippen molar-refractivity contribution in [3.8, 4) is 11.5 Å². The number of halogens is 1. The molecule has 0 saturated heterocycles. The highest BCUT2D eigenvalue weighted by atomic mass is 35.5. The summed E-state index contributed by atoms with van der Waals surface area (Å²) in [4.78, 5) is 10.9. The Kier molecular flexibility index (Phi) is 6.04. The Balaban J connectivity index is 3.33. The average Bonchev–Trinajstić information content (AvgIpc) is 2.43. The lowest BCUT2D eigenvalue weighted by Gasteiger charge is -2.19. The number of rotatable bonds is 7. The molecule has 1 aromatic carbocycles. The summed E-state index contributed by atoms with van der Waals surface area (Å²) in [6.07, 6.45) is 0. The van der Waals surface area contributed by atoms with E-state index in [1.54, 1.807) is 13.8 Å². The van der Waals surface area contributed by atoms with E-state index in [1.807, 2.05) is 0 Å². The van der Waals surface area contributed by atoms with Gasteiger partial charge in [0.25, 0.3) is 0 Å². The molecule has 9 heteroatoms. The van der Waals surface area contributed by atoms with Gasteiger partial charge in [-0.3, -0.25) is 4.79 Å². The van der Waals surface area contributed by atoms with Crippen LogP contribution in [-0.4, -0.2) is 39.8 Å². The molecule has 0 aromatic heterocycles. The van der Waals surface area contributed by atoms with Crippen molar-refractivity contribution >= 4 is 27.6 Å². The predicted molar refractivity (Wildman–Crippen MR) is 81.1 cm³/mol. The van der Waals surface area contributed by atoms with Gasteiger partial charge in [0.2, 0.25) is 10.0 Å². The van der Waals surface area contributed by atoms with Gasteiger partial charge in [0, 0.05) is 6.07 Å². The van der Waals surface area contributed by atoms with Gasteiger partial charge in [0.05, 0.1) is 19.2 Å². The molecule has 1 atom stereocenters. The van der Waals surface area contributed by atoms with Gasteiger partial charge in [-0.2, -0.15) is 4.72 Å². The zero-order chi connectivity index (χ0) is 17.1. The topological polar surface area (TPSA) is 102 Å². The van der Waals surface area contributed by atoms with Crippen LogP contribution in [0.4, 0.5) is 0 Å². The van der Waals surface area contributed by atoms with Crippen LogP contribution in [0.25, 0.3) is 0 Å². The molecule has 0 aliphatic rings. The summed E-state index contributed by atoms with van der Waals surface area (Å²) in [5.74, 6) is -1.46. The van der Waals surface area contributed by atoms with Crippen molar-refractivity contribution in [2.45, 2.75) is 24.8 Å². The van der Waals surface area contributed by atoms with Crippen molar-refractivity contribution in [2.75, 3.05) is 14.2 Å². The first-order chi connectivity index (χ1) is 10.1. The van der Waals surface area contributed by atoms with Gasteiger partial charge >= 0.3 is 5.97 Å². The summed E-state index contributed by atoms with van der Waals surface area (Å²) >= 11 is 5.94. The van der Waals surface area contributed by atoms with E-state index in [2.05, 4.69) is 4.72 Å². The molecule has 0 aliphatic heterocycles. The molecule has 1 rings (SSSR count). The molecule has 0 radical (unpaired) electrons. The second kappa shape index (κ2) is 7.17. The third-order valence-electron chi connectivity index (χ3n) is 2.94. The van der Waals surface area contributed by atoms with E-state index in [0.717, 1.165) is 6.07 Å². The Hall–Kier alpha value is -1.51. The molecule has 124 valence electrons. The van der Waals surface area contributed by atoms with Crippen molar-refractivity contribution in [3.05, 3.63) is 17.2 Å². The Morgan fingerprint density at radius 3 is 2.18 bits per heavy atom. The summed E-state index contributed by atoms with van der Waals surface area (Å²) in [6, 6.07) is 1.21. The third-order valence-corrected chi connectivity index (χ3v) is 4.70. The molecular weight excluding hydrogens is 334 g/mol. The lowest BCUT2D eigenvalue weighted by Crippen LogP contribution is -2.44. The van der Waals surface area contributed by atoms with Gasteiger partial charge in [0.15, 0.2) is 0 Å². The molecule has 0 aliphatic carbocycles. The fourth-order valence-electron chi connectivity index (χ4n) is 1.74. The van der Waals surface area contributed by atoms with E-state index in [4.69, 9.17) is 26.2 Å². The van der Waals surface area contributed by atoms with Gasteiger partial charge in [0.1, 0.15) is 22.4 Å². The number of benzene rings is 1. The number of hydrogen-bond donors (Lipinski definition) is 2. The van der Waals surface area contributed by atoms with Crippen molar-refractivity contribution in [1.82, 2.24) is 4.72 Å². The number of methoxy groups -OCH3 is 2. The monoisotopic (exact) mass is 351 g/mol. The van der Waals surface area contributed by atoms with Crippen LogP contribution in [0.3, 0.4) is 0 Å². The van der Waals surface area contributed by atoms with Gasteiger partial charge in [-0.1, -0.05) is 25.4 Å². The number of hydrogen-bond acceptors (Lipinski definition) is 5. The fraction of sp³-hybridized carbons (Fsp3) is 0.462. The van der Waals surface area contributed by atoms with Crippen LogP contribution in [0, 0.1) is 5.92 Å². The van der Waals surface area contributed by atoms with Crippen LogP contribution in [0.1, 0.15) is 13.8 Å². The van der Waals surface area contributed by atoms with Crippen LogP contribution < -0.4 is 14.2 Å². The zero-order valence-electron chi connectivity index (χ0n) is 12.6. The number of ether oxygens (including phenoxy) is 2. The summed E-state index contributed by atoms with van der Waals surface area (Å²) < 4.78 is 37.0. The third kappa shape index (κ3) is 4.02. The highest BCUT2D eigenvalue weighted by Crippen LogP contribution is 2.35. The van der Waals surface area contributed by atoms with Gasteiger partial charge in [-0.15, -0.1) is 0 Å². The van der Waals surface area contributed by atoms with Crippen molar-refractivity contribution in [2.24, 2.45) is 5.92 Å². The van der Waals surface area contributed by atoms with Gasteiger partial charge in [-0.25, -0.2) is 8.42 Å². The molecule has 0 amide bonds.